The van der Waals surface area contributed by atoms with Crippen molar-refractivity contribution >= 4 is 28.3 Å². The average molecular weight is 305 g/mol. The molecule has 1 rings (SSSR count). The summed E-state index contributed by atoms with van der Waals surface area (Å²) in [5.41, 5.74) is 1.15. The normalized spacial score (nSPS) is 10.6. The number of anilines is 1. The van der Waals surface area contributed by atoms with Crippen molar-refractivity contribution in [2.45, 2.75) is 20.0 Å². The summed E-state index contributed by atoms with van der Waals surface area (Å²) in [6.07, 6.45) is 0.313. The minimum absolute atomic E-state index is 0.313. The van der Waals surface area contributed by atoms with Crippen molar-refractivity contribution < 1.29 is 4.74 Å². The molecule has 0 amide bonds. The Balaban J connectivity index is 2.21. The van der Waals surface area contributed by atoms with Crippen molar-refractivity contribution in [3.05, 3.63) is 27.8 Å². The van der Waals surface area contributed by atoms with Gasteiger partial charge in [0.1, 0.15) is 0 Å². The number of nitrogens with one attached hydrogen (secondary N) is 1. The van der Waals surface area contributed by atoms with Crippen LogP contribution in [0.4, 0.5) is 5.69 Å². The van der Waals surface area contributed by atoms with Gasteiger partial charge in [-0.1, -0.05) is 0 Å². The Morgan fingerprint density at radius 3 is 2.50 bits per heavy atom. The van der Waals surface area contributed by atoms with Gasteiger partial charge in [-0.2, -0.15) is 0 Å². The Morgan fingerprint density at radius 2 is 1.93 bits per heavy atom. The Kier molecular flexibility index (Phi) is 5.25. The van der Waals surface area contributed by atoms with Crippen molar-refractivity contribution in [3.63, 3.8) is 0 Å². The fraction of sp³-hybridized carbons (Fsp3) is 0.455. The molecule has 0 radical (unpaired) electrons. The SMILES string of the molecule is CC(C)OCCNc1ccc(I)cc1. The molecule has 2 nitrogen and oxygen atoms in total. The molecular formula is C11H16INO. The molecule has 0 unspecified atom stereocenters. The summed E-state index contributed by atoms with van der Waals surface area (Å²) >= 11 is 2.30. The van der Waals surface area contributed by atoms with Crippen LogP contribution in [-0.2, 0) is 4.74 Å². The van der Waals surface area contributed by atoms with Gasteiger partial charge >= 0.3 is 0 Å². The van der Waals surface area contributed by atoms with Gasteiger partial charge in [0.05, 0.1) is 12.7 Å². The summed E-state index contributed by atoms with van der Waals surface area (Å²) in [4.78, 5) is 0. The monoisotopic (exact) mass is 305 g/mol. The van der Waals surface area contributed by atoms with Crippen LogP contribution in [0.2, 0.25) is 0 Å². The highest BCUT2D eigenvalue weighted by atomic mass is 127. The van der Waals surface area contributed by atoms with Crippen LogP contribution in [0.25, 0.3) is 0 Å². The average Bonchev–Trinajstić information content (AvgIpc) is 2.15. The molecule has 0 aliphatic rings. The third-order valence-electron chi connectivity index (χ3n) is 1.73. The fourth-order valence-electron chi connectivity index (χ4n) is 1.06. The minimum atomic E-state index is 0.313. The Bertz CT molecular complexity index is 258. The summed E-state index contributed by atoms with van der Waals surface area (Å²) in [7, 11) is 0. The third kappa shape index (κ3) is 4.81. The van der Waals surface area contributed by atoms with Crippen LogP contribution in [0.3, 0.4) is 0 Å². The van der Waals surface area contributed by atoms with Crippen LogP contribution in [0.1, 0.15) is 13.8 Å². The van der Waals surface area contributed by atoms with E-state index in [1.165, 1.54) is 3.57 Å². The molecule has 0 atom stereocenters. The van der Waals surface area contributed by atoms with Crippen LogP contribution in [0, 0.1) is 3.57 Å². The van der Waals surface area contributed by atoms with E-state index in [9.17, 15) is 0 Å². The lowest BCUT2D eigenvalue weighted by Gasteiger charge is -2.09. The lowest BCUT2D eigenvalue weighted by molar-refractivity contribution is 0.0870. The quantitative estimate of drug-likeness (QED) is 0.666. The van der Waals surface area contributed by atoms with Crippen molar-refractivity contribution in [2.24, 2.45) is 0 Å². The Hall–Kier alpha value is -0.290. The van der Waals surface area contributed by atoms with Gasteiger partial charge in [-0.25, -0.2) is 0 Å². The Labute approximate surface area is 99.2 Å². The highest BCUT2D eigenvalue weighted by Crippen LogP contribution is 2.10. The van der Waals surface area contributed by atoms with Crippen LogP contribution >= 0.6 is 22.6 Å². The van der Waals surface area contributed by atoms with E-state index in [2.05, 4.69) is 52.2 Å². The van der Waals surface area contributed by atoms with Gasteiger partial charge < -0.3 is 10.1 Å². The van der Waals surface area contributed by atoms with E-state index < -0.39 is 0 Å². The molecule has 0 spiro atoms. The van der Waals surface area contributed by atoms with Gasteiger partial charge in [0, 0.05) is 15.8 Å². The smallest absolute Gasteiger partial charge is 0.0642 e. The first-order valence-electron chi connectivity index (χ1n) is 4.79. The van der Waals surface area contributed by atoms with E-state index in [-0.39, 0.29) is 0 Å². The van der Waals surface area contributed by atoms with Crippen molar-refractivity contribution in [1.29, 1.82) is 0 Å². The second-order valence-corrected chi connectivity index (χ2v) is 4.60. The minimum Gasteiger partial charge on any atom is -0.383 e. The second kappa shape index (κ2) is 6.24. The van der Waals surface area contributed by atoms with Gasteiger partial charge in [0.15, 0.2) is 0 Å². The molecule has 0 aliphatic carbocycles. The summed E-state index contributed by atoms with van der Waals surface area (Å²) in [6, 6.07) is 8.34. The van der Waals surface area contributed by atoms with Crippen molar-refractivity contribution in [2.75, 3.05) is 18.5 Å². The zero-order valence-electron chi connectivity index (χ0n) is 8.59. The summed E-state index contributed by atoms with van der Waals surface area (Å²) in [6.45, 7) is 5.71. The van der Waals surface area contributed by atoms with E-state index in [0.717, 1.165) is 18.8 Å². The largest absolute Gasteiger partial charge is 0.383 e. The first-order valence-corrected chi connectivity index (χ1v) is 5.87. The molecule has 1 aromatic rings. The van der Waals surface area contributed by atoms with Gasteiger partial charge in [-0.3, -0.25) is 0 Å². The number of halogens is 1. The molecule has 0 bridgehead atoms. The van der Waals surface area contributed by atoms with Crippen molar-refractivity contribution in [3.8, 4) is 0 Å². The maximum Gasteiger partial charge on any atom is 0.0642 e. The molecule has 0 saturated heterocycles. The number of hydrogen-bond acceptors (Lipinski definition) is 2. The molecule has 3 heteroatoms. The fourth-order valence-corrected chi connectivity index (χ4v) is 1.42. The molecule has 78 valence electrons. The number of hydrogen-bond donors (Lipinski definition) is 1. The van der Waals surface area contributed by atoms with Crippen LogP contribution < -0.4 is 5.32 Å². The van der Waals surface area contributed by atoms with E-state index in [4.69, 9.17) is 4.74 Å². The first-order chi connectivity index (χ1) is 6.68. The van der Waals surface area contributed by atoms with Gasteiger partial charge in [0.2, 0.25) is 0 Å². The zero-order chi connectivity index (χ0) is 10.4. The molecule has 1 aromatic carbocycles. The lowest BCUT2D eigenvalue weighted by Crippen LogP contribution is -2.13. The predicted molar refractivity (Wildman–Crippen MR) is 68.7 cm³/mol. The highest BCUT2D eigenvalue weighted by molar-refractivity contribution is 14.1. The maximum absolute atomic E-state index is 5.42. The number of ether oxygens (including phenoxy) is 1. The first kappa shape index (κ1) is 11.8. The molecule has 0 aliphatic heterocycles. The van der Waals surface area contributed by atoms with Gasteiger partial charge in [-0.05, 0) is 60.7 Å². The van der Waals surface area contributed by atoms with Gasteiger partial charge in [-0.15, -0.1) is 0 Å². The van der Waals surface area contributed by atoms with Crippen LogP contribution in [-0.4, -0.2) is 19.3 Å². The van der Waals surface area contributed by atoms with Crippen LogP contribution in [0.15, 0.2) is 24.3 Å². The standard InChI is InChI=1S/C11H16INO/c1-9(2)14-8-7-13-11-5-3-10(12)4-6-11/h3-6,9,13H,7-8H2,1-2H3. The van der Waals surface area contributed by atoms with Crippen molar-refractivity contribution in [1.82, 2.24) is 0 Å². The summed E-state index contributed by atoms with van der Waals surface area (Å²) in [5, 5.41) is 3.30. The number of benzene rings is 1. The zero-order valence-corrected chi connectivity index (χ0v) is 10.7. The lowest BCUT2D eigenvalue weighted by atomic mass is 10.3. The maximum atomic E-state index is 5.42. The van der Waals surface area contributed by atoms with E-state index >= 15 is 0 Å². The topological polar surface area (TPSA) is 21.3 Å². The molecule has 1 N–H and O–H groups in total. The molecule has 0 aromatic heterocycles. The predicted octanol–water partition coefficient (Wildman–Crippen LogP) is 3.13. The molecule has 0 heterocycles. The molecular weight excluding hydrogens is 289 g/mol. The third-order valence-corrected chi connectivity index (χ3v) is 2.45. The van der Waals surface area contributed by atoms with Crippen LogP contribution in [0.5, 0.6) is 0 Å². The molecule has 0 fully saturated rings. The molecule has 0 saturated carbocycles. The number of rotatable bonds is 5. The summed E-state index contributed by atoms with van der Waals surface area (Å²) < 4.78 is 6.68. The summed E-state index contributed by atoms with van der Waals surface area (Å²) in [5.74, 6) is 0. The van der Waals surface area contributed by atoms with E-state index in [1.54, 1.807) is 0 Å². The second-order valence-electron chi connectivity index (χ2n) is 3.35. The van der Waals surface area contributed by atoms with Gasteiger partial charge in [0.25, 0.3) is 0 Å². The highest BCUT2D eigenvalue weighted by Gasteiger charge is 1.93. The van der Waals surface area contributed by atoms with E-state index in [1.807, 2.05) is 13.8 Å². The Morgan fingerprint density at radius 1 is 1.29 bits per heavy atom. The van der Waals surface area contributed by atoms with E-state index in [0.29, 0.717) is 6.10 Å². The molecule has 14 heavy (non-hydrogen) atoms.